The molecule has 2 heterocycles. The van der Waals surface area contributed by atoms with Gasteiger partial charge in [-0.3, -0.25) is 4.68 Å². The maximum Gasteiger partial charge on any atom is 0.358 e. The van der Waals surface area contributed by atoms with Crippen molar-refractivity contribution in [2.75, 3.05) is 14.2 Å². The second-order valence-corrected chi connectivity index (χ2v) is 3.59. The summed E-state index contributed by atoms with van der Waals surface area (Å²) in [5.74, 6) is -0.383. The average molecular weight is 210 g/mol. The molecule has 0 N–H and O–H groups in total. The highest BCUT2D eigenvalue weighted by atomic mass is 16.5. The lowest BCUT2D eigenvalue weighted by atomic mass is 10.1. The number of hydrogen-bond acceptors (Lipinski definition) is 4. The zero-order valence-corrected chi connectivity index (χ0v) is 8.90. The van der Waals surface area contributed by atoms with Crippen molar-refractivity contribution in [2.24, 2.45) is 0 Å². The van der Waals surface area contributed by atoms with Crippen LogP contribution < -0.4 is 0 Å². The van der Waals surface area contributed by atoms with E-state index in [0.29, 0.717) is 5.69 Å². The van der Waals surface area contributed by atoms with E-state index >= 15 is 0 Å². The minimum Gasteiger partial charge on any atom is -0.464 e. The van der Waals surface area contributed by atoms with Crippen LogP contribution in [0.3, 0.4) is 0 Å². The highest BCUT2D eigenvalue weighted by Gasteiger charge is 2.22. The Hall–Kier alpha value is -1.36. The number of aryl methyl sites for hydroxylation is 1. The molecule has 1 unspecified atom stereocenters. The van der Waals surface area contributed by atoms with Crippen LogP contribution in [0.2, 0.25) is 0 Å². The van der Waals surface area contributed by atoms with Crippen LogP contribution >= 0.6 is 0 Å². The smallest absolute Gasteiger partial charge is 0.358 e. The zero-order chi connectivity index (χ0) is 10.8. The molecule has 1 aromatic rings. The Morgan fingerprint density at radius 1 is 1.60 bits per heavy atom. The Morgan fingerprint density at radius 3 is 3.07 bits per heavy atom. The predicted octanol–water partition coefficient (Wildman–Crippen LogP) is 0.631. The summed E-state index contributed by atoms with van der Waals surface area (Å²) >= 11 is 0. The van der Waals surface area contributed by atoms with Crippen molar-refractivity contribution >= 4 is 5.97 Å². The standard InChI is InChI=1S/C10H14N2O3/c1-14-8-3-4-12-7(5-8)6-9(11-12)10(13)15-2/h6,8H,3-5H2,1-2H3. The van der Waals surface area contributed by atoms with Gasteiger partial charge in [0.1, 0.15) is 0 Å². The summed E-state index contributed by atoms with van der Waals surface area (Å²) in [6.07, 6.45) is 1.98. The van der Waals surface area contributed by atoms with E-state index in [2.05, 4.69) is 9.84 Å². The van der Waals surface area contributed by atoms with E-state index < -0.39 is 0 Å². The first-order chi connectivity index (χ1) is 7.24. The fraction of sp³-hybridized carbons (Fsp3) is 0.600. The summed E-state index contributed by atoms with van der Waals surface area (Å²) in [5, 5.41) is 4.18. The summed E-state index contributed by atoms with van der Waals surface area (Å²) in [5.41, 5.74) is 1.41. The van der Waals surface area contributed by atoms with Gasteiger partial charge in [-0.25, -0.2) is 4.79 Å². The SMILES string of the molecule is COC(=O)c1cc2n(n1)CCC(OC)C2. The summed E-state index contributed by atoms with van der Waals surface area (Å²) in [6.45, 7) is 0.796. The van der Waals surface area contributed by atoms with Gasteiger partial charge in [-0.2, -0.15) is 5.10 Å². The lowest BCUT2D eigenvalue weighted by Crippen LogP contribution is -2.25. The third-order valence-corrected chi connectivity index (χ3v) is 2.69. The number of esters is 1. The van der Waals surface area contributed by atoms with Gasteiger partial charge in [0.25, 0.3) is 0 Å². The Morgan fingerprint density at radius 2 is 2.40 bits per heavy atom. The van der Waals surface area contributed by atoms with Gasteiger partial charge in [0, 0.05) is 25.8 Å². The molecule has 15 heavy (non-hydrogen) atoms. The molecular weight excluding hydrogens is 196 g/mol. The van der Waals surface area contributed by atoms with E-state index in [1.807, 2.05) is 4.68 Å². The number of carbonyl (C=O) groups is 1. The second kappa shape index (κ2) is 4.02. The fourth-order valence-corrected chi connectivity index (χ4v) is 1.82. The summed E-state index contributed by atoms with van der Waals surface area (Å²) < 4.78 is 11.8. The van der Waals surface area contributed by atoms with Crippen LogP contribution in [0.15, 0.2) is 6.07 Å². The van der Waals surface area contributed by atoms with Crippen LogP contribution in [0, 0.1) is 0 Å². The quantitative estimate of drug-likeness (QED) is 0.672. The van der Waals surface area contributed by atoms with Crippen LogP contribution in [0.5, 0.6) is 0 Å². The van der Waals surface area contributed by atoms with Crippen LogP contribution in [0.4, 0.5) is 0 Å². The molecule has 5 heteroatoms. The molecule has 1 aliphatic rings. The van der Waals surface area contributed by atoms with E-state index in [9.17, 15) is 4.79 Å². The van der Waals surface area contributed by atoms with E-state index in [0.717, 1.165) is 25.1 Å². The number of aromatic nitrogens is 2. The van der Waals surface area contributed by atoms with Crippen molar-refractivity contribution in [3.63, 3.8) is 0 Å². The van der Waals surface area contributed by atoms with E-state index in [-0.39, 0.29) is 12.1 Å². The number of carbonyl (C=O) groups excluding carboxylic acids is 1. The summed E-state index contributed by atoms with van der Waals surface area (Å²) in [7, 11) is 3.07. The Kier molecular flexibility index (Phi) is 2.73. The molecule has 0 amide bonds. The molecule has 0 spiro atoms. The normalized spacial score (nSPS) is 19.7. The molecule has 1 aromatic heterocycles. The molecule has 0 fully saturated rings. The highest BCUT2D eigenvalue weighted by Crippen LogP contribution is 2.18. The van der Waals surface area contributed by atoms with Crippen LogP contribution in [0.25, 0.3) is 0 Å². The van der Waals surface area contributed by atoms with Gasteiger partial charge in [-0.15, -0.1) is 0 Å². The molecule has 1 atom stereocenters. The lowest BCUT2D eigenvalue weighted by Gasteiger charge is -2.21. The molecular formula is C10H14N2O3. The van der Waals surface area contributed by atoms with Crippen molar-refractivity contribution in [1.82, 2.24) is 9.78 Å². The number of hydrogen-bond donors (Lipinski definition) is 0. The summed E-state index contributed by atoms with van der Waals surface area (Å²) in [6, 6.07) is 1.77. The van der Waals surface area contributed by atoms with Gasteiger partial charge in [0.15, 0.2) is 5.69 Å². The number of fused-ring (bicyclic) bond motifs is 1. The van der Waals surface area contributed by atoms with E-state index in [1.54, 1.807) is 13.2 Å². The molecule has 2 rings (SSSR count). The van der Waals surface area contributed by atoms with Crippen LogP contribution in [-0.2, 0) is 22.4 Å². The highest BCUT2D eigenvalue weighted by molar-refractivity contribution is 5.87. The van der Waals surface area contributed by atoms with Gasteiger partial charge in [0.2, 0.25) is 0 Å². The maximum absolute atomic E-state index is 11.3. The minimum absolute atomic E-state index is 0.236. The van der Waals surface area contributed by atoms with Crippen LogP contribution in [-0.4, -0.2) is 36.1 Å². The van der Waals surface area contributed by atoms with Gasteiger partial charge in [-0.05, 0) is 12.5 Å². The number of methoxy groups -OCH3 is 2. The molecule has 0 saturated heterocycles. The second-order valence-electron chi connectivity index (χ2n) is 3.59. The van der Waals surface area contributed by atoms with E-state index in [1.165, 1.54) is 7.11 Å². The van der Waals surface area contributed by atoms with Gasteiger partial charge in [-0.1, -0.05) is 0 Å². The Balaban J connectivity index is 2.21. The van der Waals surface area contributed by atoms with Crippen molar-refractivity contribution in [3.05, 3.63) is 17.5 Å². The van der Waals surface area contributed by atoms with Crippen molar-refractivity contribution in [3.8, 4) is 0 Å². The average Bonchev–Trinajstić information content (AvgIpc) is 2.70. The van der Waals surface area contributed by atoms with Gasteiger partial charge in [0.05, 0.1) is 13.2 Å². The zero-order valence-electron chi connectivity index (χ0n) is 8.90. The molecule has 1 aliphatic heterocycles. The Labute approximate surface area is 88.0 Å². The van der Waals surface area contributed by atoms with E-state index in [4.69, 9.17) is 4.74 Å². The van der Waals surface area contributed by atoms with Crippen molar-refractivity contribution < 1.29 is 14.3 Å². The molecule has 0 aliphatic carbocycles. The molecule has 0 aromatic carbocycles. The molecule has 0 saturated carbocycles. The Bertz CT molecular complexity index is 373. The lowest BCUT2D eigenvalue weighted by molar-refractivity contribution is 0.0592. The molecule has 0 radical (unpaired) electrons. The maximum atomic E-state index is 11.3. The molecule has 0 bridgehead atoms. The van der Waals surface area contributed by atoms with Crippen LogP contribution in [0.1, 0.15) is 22.6 Å². The van der Waals surface area contributed by atoms with Crippen molar-refractivity contribution in [1.29, 1.82) is 0 Å². The third-order valence-electron chi connectivity index (χ3n) is 2.69. The molecule has 82 valence electrons. The van der Waals surface area contributed by atoms with Gasteiger partial charge < -0.3 is 9.47 Å². The first-order valence-corrected chi connectivity index (χ1v) is 4.92. The first kappa shape index (κ1) is 10.2. The minimum atomic E-state index is -0.383. The predicted molar refractivity (Wildman–Crippen MR) is 52.7 cm³/mol. The fourth-order valence-electron chi connectivity index (χ4n) is 1.82. The monoisotopic (exact) mass is 210 g/mol. The third kappa shape index (κ3) is 1.87. The summed E-state index contributed by atoms with van der Waals surface area (Å²) in [4.78, 5) is 11.3. The number of nitrogens with zero attached hydrogens (tertiary/aromatic N) is 2. The van der Waals surface area contributed by atoms with Gasteiger partial charge >= 0.3 is 5.97 Å². The van der Waals surface area contributed by atoms with Crippen molar-refractivity contribution in [2.45, 2.75) is 25.5 Å². The number of ether oxygens (including phenoxy) is 2. The first-order valence-electron chi connectivity index (χ1n) is 4.92. The topological polar surface area (TPSA) is 53.4 Å². The molecule has 5 nitrogen and oxygen atoms in total. The largest absolute Gasteiger partial charge is 0.464 e. The number of rotatable bonds is 2.